The highest BCUT2D eigenvalue weighted by molar-refractivity contribution is 5.79. The standard InChI is InChI=1S/C12H23N3/c1-4-9-14-11(13-3)15-10-12(2)7-5-6-8-12/h4H,1,5-10H2,2-3H3,(H2,13,14,15). The first-order chi connectivity index (χ1) is 7.20. The molecule has 0 atom stereocenters. The maximum absolute atomic E-state index is 4.16. The number of aliphatic imine (C=N–C) groups is 1. The highest BCUT2D eigenvalue weighted by atomic mass is 15.2. The molecule has 0 radical (unpaired) electrons. The molecule has 0 heterocycles. The maximum Gasteiger partial charge on any atom is 0.191 e. The van der Waals surface area contributed by atoms with Crippen molar-refractivity contribution in [1.29, 1.82) is 0 Å². The minimum atomic E-state index is 0.464. The largest absolute Gasteiger partial charge is 0.356 e. The summed E-state index contributed by atoms with van der Waals surface area (Å²) < 4.78 is 0. The summed E-state index contributed by atoms with van der Waals surface area (Å²) in [4.78, 5) is 4.16. The predicted octanol–water partition coefficient (Wildman–Crippen LogP) is 1.92. The molecule has 0 amide bonds. The van der Waals surface area contributed by atoms with Crippen LogP contribution < -0.4 is 10.6 Å². The summed E-state index contributed by atoms with van der Waals surface area (Å²) in [6, 6.07) is 0. The van der Waals surface area contributed by atoms with E-state index in [0.717, 1.165) is 19.0 Å². The van der Waals surface area contributed by atoms with Gasteiger partial charge in [0.05, 0.1) is 0 Å². The number of guanidine groups is 1. The van der Waals surface area contributed by atoms with Gasteiger partial charge in [0.15, 0.2) is 5.96 Å². The fourth-order valence-corrected chi connectivity index (χ4v) is 2.09. The third-order valence-corrected chi connectivity index (χ3v) is 3.13. The molecule has 0 aromatic rings. The van der Waals surface area contributed by atoms with Gasteiger partial charge in [-0.25, -0.2) is 0 Å². The van der Waals surface area contributed by atoms with Crippen LogP contribution in [0.3, 0.4) is 0 Å². The third-order valence-electron chi connectivity index (χ3n) is 3.13. The lowest BCUT2D eigenvalue weighted by Crippen LogP contribution is -2.42. The number of nitrogens with one attached hydrogen (secondary N) is 2. The molecule has 15 heavy (non-hydrogen) atoms. The van der Waals surface area contributed by atoms with Crippen LogP contribution in [0.15, 0.2) is 17.6 Å². The van der Waals surface area contributed by atoms with Crippen LogP contribution >= 0.6 is 0 Å². The zero-order chi connectivity index (χ0) is 11.1. The molecule has 1 rings (SSSR count). The second kappa shape index (κ2) is 5.79. The van der Waals surface area contributed by atoms with E-state index in [1.54, 1.807) is 7.05 Å². The van der Waals surface area contributed by atoms with Crippen molar-refractivity contribution >= 4 is 5.96 Å². The number of rotatable bonds is 4. The minimum Gasteiger partial charge on any atom is -0.356 e. The molecule has 1 fully saturated rings. The summed E-state index contributed by atoms with van der Waals surface area (Å²) in [5.41, 5.74) is 0.464. The van der Waals surface area contributed by atoms with Gasteiger partial charge in [-0.1, -0.05) is 25.8 Å². The average Bonchev–Trinajstić information content (AvgIpc) is 2.66. The van der Waals surface area contributed by atoms with E-state index in [-0.39, 0.29) is 0 Å². The van der Waals surface area contributed by atoms with Gasteiger partial charge < -0.3 is 10.6 Å². The Balaban J connectivity index is 2.30. The molecule has 0 aromatic heterocycles. The predicted molar refractivity (Wildman–Crippen MR) is 66.1 cm³/mol. The van der Waals surface area contributed by atoms with Crippen LogP contribution in [0.2, 0.25) is 0 Å². The second-order valence-corrected chi connectivity index (χ2v) is 4.61. The van der Waals surface area contributed by atoms with Gasteiger partial charge in [0.1, 0.15) is 0 Å². The van der Waals surface area contributed by atoms with E-state index in [2.05, 4.69) is 29.1 Å². The Morgan fingerprint density at radius 3 is 2.60 bits per heavy atom. The lowest BCUT2D eigenvalue weighted by Gasteiger charge is -2.24. The molecule has 0 bridgehead atoms. The van der Waals surface area contributed by atoms with Crippen molar-refractivity contribution in [2.75, 3.05) is 20.1 Å². The van der Waals surface area contributed by atoms with Crippen LogP contribution in [0.4, 0.5) is 0 Å². The molecule has 86 valence electrons. The third kappa shape index (κ3) is 3.94. The summed E-state index contributed by atoms with van der Waals surface area (Å²) in [5, 5.41) is 6.56. The Kier molecular flexibility index (Phi) is 4.66. The molecule has 0 saturated heterocycles. The van der Waals surface area contributed by atoms with Crippen molar-refractivity contribution in [3.8, 4) is 0 Å². The molecule has 3 heteroatoms. The van der Waals surface area contributed by atoms with Crippen molar-refractivity contribution < 1.29 is 0 Å². The summed E-state index contributed by atoms with van der Waals surface area (Å²) in [6.45, 7) is 7.81. The van der Waals surface area contributed by atoms with E-state index in [1.807, 2.05) is 6.08 Å². The number of nitrogens with zero attached hydrogens (tertiary/aromatic N) is 1. The first kappa shape index (κ1) is 12.1. The fourth-order valence-electron chi connectivity index (χ4n) is 2.09. The van der Waals surface area contributed by atoms with E-state index in [1.165, 1.54) is 25.7 Å². The molecule has 1 aliphatic rings. The van der Waals surface area contributed by atoms with E-state index < -0.39 is 0 Å². The Hall–Kier alpha value is -0.990. The molecule has 0 unspecified atom stereocenters. The van der Waals surface area contributed by atoms with E-state index in [9.17, 15) is 0 Å². The fraction of sp³-hybridized carbons (Fsp3) is 0.750. The molecular formula is C12H23N3. The lowest BCUT2D eigenvalue weighted by atomic mass is 9.89. The van der Waals surface area contributed by atoms with Crippen LogP contribution in [0, 0.1) is 5.41 Å². The van der Waals surface area contributed by atoms with E-state index >= 15 is 0 Å². The second-order valence-electron chi connectivity index (χ2n) is 4.61. The van der Waals surface area contributed by atoms with Gasteiger partial charge in [-0.15, -0.1) is 6.58 Å². The Labute approximate surface area is 93.1 Å². The monoisotopic (exact) mass is 209 g/mol. The van der Waals surface area contributed by atoms with Crippen molar-refractivity contribution in [2.24, 2.45) is 10.4 Å². The SMILES string of the molecule is C=CCNC(=NC)NCC1(C)CCCC1. The minimum absolute atomic E-state index is 0.464. The first-order valence-electron chi connectivity index (χ1n) is 5.76. The van der Waals surface area contributed by atoms with Gasteiger partial charge in [-0.2, -0.15) is 0 Å². The van der Waals surface area contributed by atoms with E-state index in [4.69, 9.17) is 0 Å². The zero-order valence-electron chi connectivity index (χ0n) is 9.97. The van der Waals surface area contributed by atoms with Crippen LogP contribution in [0.1, 0.15) is 32.6 Å². The Morgan fingerprint density at radius 1 is 1.40 bits per heavy atom. The normalized spacial score (nSPS) is 20.0. The highest BCUT2D eigenvalue weighted by Crippen LogP contribution is 2.36. The van der Waals surface area contributed by atoms with Crippen LogP contribution in [0.5, 0.6) is 0 Å². The Bertz CT molecular complexity index is 227. The lowest BCUT2D eigenvalue weighted by molar-refractivity contribution is 0.334. The summed E-state index contributed by atoms with van der Waals surface area (Å²) in [7, 11) is 1.80. The summed E-state index contributed by atoms with van der Waals surface area (Å²) >= 11 is 0. The maximum atomic E-state index is 4.16. The van der Waals surface area contributed by atoms with Crippen molar-refractivity contribution in [3.63, 3.8) is 0 Å². The van der Waals surface area contributed by atoms with Gasteiger partial charge in [0.25, 0.3) is 0 Å². The van der Waals surface area contributed by atoms with Crippen LogP contribution in [-0.4, -0.2) is 26.1 Å². The number of hydrogen-bond acceptors (Lipinski definition) is 1. The molecule has 2 N–H and O–H groups in total. The summed E-state index contributed by atoms with van der Waals surface area (Å²) in [6.07, 6.45) is 7.24. The van der Waals surface area contributed by atoms with Crippen LogP contribution in [0.25, 0.3) is 0 Å². The molecule has 1 saturated carbocycles. The molecule has 0 spiro atoms. The number of hydrogen-bond donors (Lipinski definition) is 2. The van der Waals surface area contributed by atoms with Crippen LogP contribution in [-0.2, 0) is 0 Å². The van der Waals surface area contributed by atoms with Gasteiger partial charge in [-0.3, -0.25) is 4.99 Å². The molecule has 1 aliphatic carbocycles. The van der Waals surface area contributed by atoms with Crippen molar-refractivity contribution in [1.82, 2.24) is 10.6 Å². The van der Waals surface area contributed by atoms with Gasteiger partial charge >= 0.3 is 0 Å². The van der Waals surface area contributed by atoms with Crippen molar-refractivity contribution in [3.05, 3.63) is 12.7 Å². The Morgan fingerprint density at radius 2 is 2.07 bits per heavy atom. The molecule has 3 nitrogen and oxygen atoms in total. The van der Waals surface area contributed by atoms with E-state index in [0.29, 0.717) is 5.41 Å². The van der Waals surface area contributed by atoms with Crippen molar-refractivity contribution in [2.45, 2.75) is 32.6 Å². The molecular weight excluding hydrogens is 186 g/mol. The van der Waals surface area contributed by atoms with Gasteiger partial charge in [0.2, 0.25) is 0 Å². The molecule has 0 aliphatic heterocycles. The summed E-state index contributed by atoms with van der Waals surface area (Å²) in [5.74, 6) is 0.878. The quantitative estimate of drug-likeness (QED) is 0.421. The van der Waals surface area contributed by atoms with Gasteiger partial charge in [-0.05, 0) is 18.3 Å². The average molecular weight is 209 g/mol. The first-order valence-corrected chi connectivity index (χ1v) is 5.76. The zero-order valence-corrected chi connectivity index (χ0v) is 9.97. The smallest absolute Gasteiger partial charge is 0.191 e. The molecule has 0 aromatic carbocycles. The topological polar surface area (TPSA) is 36.4 Å². The van der Waals surface area contributed by atoms with Gasteiger partial charge in [0, 0.05) is 20.1 Å². The highest BCUT2D eigenvalue weighted by Gasteiger charge is 2.28.